The fourth-order valence-corrected chi connectivity index (χ4v) is 5.25. The van der Waals surface area contributed by atoms with Crippen molar-refractivity contribution in [1.29, 1.82) is 0 Å². The average molecular weight is 567 g/mol. The highest BCUT2D eigenvalue weighted by Crippen LogP contribution is 2.35. The first-order valence-corrected chi connectivity index (χ1v) is 17.1. The molecular formula is C36H70O4. The second-order valence-electron chi connectivity index (χ2n) is 15.0. The Kier molecular flexibility index (Phi) is 21.0. The quantitative estimate of drug-likeness (QED) is 0.0814. The molecule has 4 heteroatoms. The first-order valence-electron chi connectivity index (χ1n) is 17.1. The Morgan fingerprint density at radius 3 is 1.23 bits per heavy atom. The summed E-state index contributed by atoms with van der Waals surface area (Å²) in [6.45, 7) is 22.9. The maximum atomic E-state index is 13.2. The minimum atomic E-state index is -0.404. The molecule has 0 spiro atoms. The van der Waals surface area contributed by atoms with Gasteiger partial charge in [-0.2, -0.15) is 0 Å². The van der Waals surface area contributed by atoms with Crippen LogP contribution in [0.2, 0.25) is 0 Å². The zero-order valence-corrected chi connectivity index (χ0v) is 28.7. The molecule has 0 fully saturated rings. The van der Waals surface area contributed by atoms with E-state index in [9.17, 15) is 9.59 Å². The van der Waals surface area contributed by atoms with Crippen molar-refractivity contribution in [2.45, 2.75) is 172 Å². The van der Waals surface area contributed by atoms with Gasteiger partial charge in [0.1, 0.15) is 0 Å². The molecular weight excluding hydrogens is 496 g/mol. The van der Waals surface area contributed by atoms with Crippen LogP contribution in [0.1, 0.15) is 172 Å². The van der Waals surface area contributed by atoms with E-state index in [0.29, 0.717) is 31.0 Å². The zero-order chi connectivity index (χ0) is 30.6. The Morgan fingerprint density at radius 1 is 0.450 bits per heavy atom. The van der Waals surface area contributed by atoms with Crippen molar-refractivity contribution in [3.05, 3.63) is 0 Å². The molecule has 0 aliphatic heterocycles. The summed E-state index contributed by atoms with van der Waals surface area (Å²) >= 11 is 0. The fraction of sp³-hybridized carbons (Fsp3) is 0.944. The van der Waals surface area contributed by atoms with Gasteiger partial charge >= 0.3 is 11.9 Å². The van der Waals surface area contributed by atoms with E-state index >= 15 is 0 Å². The van der Waals surface area contributed by atoms with Gasteiger partial charge in [0.2, 0.25) is 0 Å². The SMILES string of the molecule is CC(C)CCCCCCCC(C)(CCC(C)C)C(=O)OCCCCOC(=O)C(C)(CCCC(C)C)CCC(C)C. The summed E-state index contributed by atoms with van der Waals surface area (Å²) < 4.78 is 11.6. The third-order valence-electron chi connectivity index (χ3n) is 8.56. The van der Waals surface area contributed by atoms with E-state index in [1.807, 2.05) is 0 Å². The van der Waals surface area contributed by atoms with Gasteiger partial charge in [-0.15, -0.1) is 0 Å². The molecule has 0 aliphatic rings. The van der Waals surface area contributed by atoms with Gasteiger partial charge in [-0.1, -0.05) is 107 Å². The Bertz CT molecular complexity index is 653. The molecule has 4 nitrogen and oxygen atoms in total. The van der Waals surface area contributed by atoms with E-state index in [1.165, 1.54) is 32.1 Å². The summed E-state index contributed by atoms with van der Waals surface area (Å²) in [5, 5.41) is 0. The Labute approximate surface area is 250 Å². The summed E-state index contributed by atoms with van der Waals surface area (Å²) in [4.78, 5) is 26.2. The van der Waals surface area contributed by atoms with Crippen molar-refractivity contribution in [2.24, 2.45) is 34.5 Å². The summed E-state index contributed by atoms with van der Waals surface area (Å²) in [5.74, 6) is 2.49. The van der Waals surface area contributed by atoms with Crippen LogP contribution in [0.15, 0.2) is 0 Å². The molecule has 0 saturated carbocycles. The molecule has 0 saturated heterocycles. The Balaban J connectivity index is 4.59. The van der Waals surface area contributed by atoms with Crippen molar-refractivity contribution in [2.75, 3.05) is 13.2 Å². The molecule has 0 radical (unpaired) electrons. The predicted molar refractivity (Wildman–Crippen MR) is 171 cm³/mol. The van der Waals surface area contributed by atoms with E-state index in [1.54, 1.807) is 0 Å². The van der Waals surface area contributed by atoms with Crippen LogP contribution in [0.5, 0.6) is 0 Å². The molecule has 0 rings (SSSR count). The molecule has 2 atom stereocenters. The molecule has 0 aromatic carbocycles. The zero-order valence-electron chi connectivity index (χ0n) is 28.7. The summed E-state index contributed by atoms with van der Waals surface area (Å²) in [5.41, 5.74) is -0.804. The number of carbonyl (C=O) groups excluding carboxylic acids is 2. The molecule has 0 aromatic heterocycles. The normalized spacial score (nSPS) is 15.1. The van der Waals surface area contributed by atoms with Crippen molar-refractivity contribution in [3.8, 4) is 0 Å². The van der Waals surface area contributed by atoms with E-state index in [4.69, 9.17) is 9.47 Å². The van der Waals surface area contributed by atoms with Crippen LogP contribution in [0.4, 0.5) is 0 Å². The van der Waals surface area contributed by atoms with Gasteiger partial charge < -0.3 is 9.47 Å². The molecule has 0 amide bonds. The van der Waals surface area contributed by atoms with Crippen molar-refractivity contribution >= 4 is 11.9 Å². The van der Waals surface area contributed by atoms with Crippen molar-refractivity contribution < 1.29 is 19.1 Å². The lowest BCUT2D eigenvalue weighted by Crippen LogP contribution is -2.31. The molecule has 0 bridgehead atoms. The second kappa shape index (κ2) is 21.6. The van der Waals surface area contributed by atoms with Gasteiger partial charge in [-0.25, -0.2) is 0 Å². The van der Waals surface area contributed by atoms with Crippen LogP contribution < -0.4 is 0 Å². The molecule has 40 heavy (non-hydrogen) atoms. The van der Waals surface area contributed by atoms with Gasteiger partial charge in [0.05, 0.1) is 24.0 Å². The minimum Gasteiger partial charge on any atom is -0.465 e. The maximum absolute atomic E-state index is 13.2. The molecule has 0 N–H and O–H groups in total. The average Bonchev–Trinajstić information content (AvgIpc) is 2.86. The van der Waals surface area contributed by atoms with Crippen LogP contribution in [0.3, 0.4) is 0 Å². The lowest BCUT2D eigenvalue weighted by molar-refractivity contribution is -0.158. The highest BCUT2D eigenvalue weighted by atomic mass is 16.5. The Hall–Kier alpha value is -1.06. The van der Waals surface area contributed by atoms with E-state index in [2.05, 4.69) is 69.2 Å². The number of hydrogen-bond donors (Lipinski definition) is 0. The summed E-state index contributed by atoms with van der Waals surface area (Å²) in [6.07, 6.45) is 16.8. The predicted octanol–water partition coefficient (Wildman–Crippen LogP) is 11.0. The highest BCUT2D eigenvalue weighted by molar-refractivity contribution is 5.76. The third-order valence-corrected chi connectivity index (χ3v) is 8.56. The number of carbonyl (C=O) groups is 2. The maximum Gasteiger partial charge on any atom is 0.311 e. The van der Waals surface area contributed by atoms with E-state index in [-0.39, 0.29) is 11.9 Å². The van der Waals surface area contributed by atoms with Crippen LogP contribution >= 0.6 is 0 Å². The number of esters is 2. The van der Waals surface area contributed by atoms with Gasteiger partial charge in [-0.05, 0) is 88.9 Å². The summed E-state index contributed by atoms with van der Waals surface area (Å²) in [6, 6.07) is 0. The van der Waals surface area contributed by atoms with Crippen molar-refractivity contribution in [1.82, 2.24) is 0 Å². The standard InChI is InChI=1S/C36H70O4/c1-29(2)19-14-12-11-13-15-23-35(9,25-21-31(5)6)33(37)39-27-16-17-28-40-34(38)36(10,26-22-32(7)8)24-18-20-30(3)4/h29-32H,11-28H2,1-10H3. The largest absolute Gasteiger partial charge is 0.465 e. The van der Waals surface area contributed by atoms with Crippen LogP contribution in [-0.4, -0.2) is 25.2 Å². The first kappa shape index (κ1) is 38.9. The van der Waals surface area contributed by atoms with Crippen LogP contribution in [-0.2, 0) is 19.1 Å². The lowest BCUT2D eigenvalue weighted by Gasteiger charge is -2.29. The van der Waals surface area contributed by atoms with Crippen molar-refractivity contribution in [3.63, 3.8) is 0 Å². The van der Waals surface area contributed by atoms with E-state index in [0.717, 1.165) is 76.5 Å². The first-order chi connectivity index (χ1) is 18.7. The lowest BCUT2D eigenvalue weighted by atomic mass is 9.78. The smallest absolute Gasteiger partial charge is 0.311 e. The number of rotatable bonds is 25. The number of unbranched alkanes of at least 4 members (excludes halogenated alkanes) is 5. The molecule has 2 unspecified atom stereocenters. The molecule has 0 aliphatic carbocycles. The second-order valence-corrected chi connectivity index (χ2v) is 15.0. The van der Waals surface area contributed by atoms with Crippen LogP contribution in [0.25, 0.3) is 0 Å². The number of ether oxygens (including phenoxy) is 2. The van der Waals surface area contributed by atoms with E-state index < -0.39 is 10.8 Å². The molecule has 238 valence electrons. The Morgan fingerprint density at radius 2 is 0.800 bits per heavy atom. The monoisotopic (exact) mass is 567 g/mol. The fourth-order valence-electron chi connectivity index (χ4n) is 5.25. The topological polar surface area (TPSA) is 52.6 Å². The van der Waals surface area contributed by atoms with Gasteiger partial charge in [0.25, 0.3) is 0 Å². The highest BCUT2D eigenvalue weighted by Gasteiger charge is 2.35. The number of hydrogen-bond acceptors (Lipinski definition) is 4. The van der Waals surface area contributed by atoms with Gasteiger partial charge in [-0.3, -0.25) is 9.59 Å². The van der Waals surface area contributed by atoms with Gasteiger partial charge in [0.15, 0.2) is 0 Å². The minimum absolute atomic E-state index is 0.0450. The van der Waals surface area contributed by atoms with Crippen LogP contribution in [0, 0.1) is 34.5 Å². The molecule has 0 aromatic rings. The van der Waals surface area contributed by atoms with Gasteiger partial charge in [0, 0.05) is 0 Å². The third kappa shape index (κ3) is 19.1. The molecule has 0 heterocycles. The summed E-state index contributed by atoms with van der Waals surface area (Å²) in [7, 11) is 0.